The smallest absolute Gasteiger partial charge is 0.262 e. The van der Waals surface area contributed by atoms with Crippen molar-refractivity contribution in [3.8, 4) is 5.75 Å². The lowest BCUT2D eigenvalue weighted by Gasteiger charge is -2.14. The van der Waals surface area contributed by atoms with Gasteiger partial charge in [-0.05, 0) is 36.8 Å². The minimum Gasteiger partial charge on any atom is -0.497 e. The molecule has 1 unspecified atom stereocenters. The van der Waals surface area contributed by atoms with Crippen LogP contribution in [0.15, 0.2) is 29.4 Å². The summed E-state index contributed by atoms with van der Waals surface area (Å²) in [6, 6.07) is 7.42. The van der Waals surface area contributed by atoms with E-state index in [-0.39, 0.29) is 5.91 Å². The first-order valence-electron chi connectivity index (χ1n) is 4.77. The van der Waals surface area contributed by atoms with Crippen LogP contribution < -0.4 is 10.2 Å². The number of alkyl halides is 1. The molecule has 1 aliphatic heterocycles. The molecule has 1 heterocycles. The van der Waals surface area contributed by atoms with Crippen LogP contribution in [0.1, 0.15) is 12.5 Å². The zero-order valence-electron chi connectivity index (χ0n) is 8.95. The minimum absolute atomic E-state index is 0.154. The standard InChI is InChI=1S/C11H11BrN2O2/c1-11(12)9(13-14-10(11)15)7-3-5-8(16-2)6-4-7/h3-6H,1-2H3,(H,14,15). The summed E-state index contributed by atoms with van der Waals surface area (Å²) in [5.41, 5.74) is 4.03. The van der Waals surface area contributed by atoms with Crippen LogP contribution in [0, 0.1) is 0 Å². The second-order valence-corrected chi connectivity index (χ2v) is 5.22. The van der Waals surface area contributed by atoms with E-state index < -0.39 is 4.32 Å². The highest BCUT2D eigenvalue weighted by atomic mass is 79.9. The monoisotopic (exact) mass is 282 g/mol. The van der Waals surface area contributed by atoms with E-state index in [0.29, 0.717) is 5.71 Å². The normalized spacial score (nSPS) is 23.9. The molecule has 0 bridgehead atoms. The predicted molar refractivity (Wildman–Crippen MR) is 65.0 cm³/mol. The Morgan fingerprint density at radius 3 is 2.44 bits per heavy atom. The van der Waals surface area contributed by atoms with Gasteiger partial charge in [0.25, 0.3) is 5.91 Å². The summed E-state index contributed by atoms with van der Waals surface area (Å²) < 4.78 is 4.31. The van der Waals surface area contributed by atoms with E-state index in [2.05, 4.69) is 26.5 Å². The number of carbonyl (C=O) groups excluding carboxylic acids is 1. The number of hydrogen-bond donors (Lipinski definition) is 1. The highest BCUT2D eigenvalue weighted by Crippen LogP contribution is 2.28. The van der Waals surface area contributed by atoms with Crippen molar-refractivity contribution in [2.45, 2.75) is 11.2 Å². The van der Waals surface area contributed by atoms with Crippen molar-refractivity contribution in [2.75, 3.05) is 7.11 Å². The van der Waals surface area contributed by atoms with Gasteiger partial charge in [-0.1, -0.05) is 15.9 Å². The first-order chi connectivity index (χ1) is 7.55. The summed E-state index contributed by atoms with van der Waals surface area (Å²) in [5.74, 6) is 0.622. The molecule has 1 aromatic carbocycles. The SMILES string of the molecule is COc1ccc(C2=NNC(=O)C2(C)Br)cc1. The molecule has 0 aromatic heterocycles. The first-order valence-corrected chi connectivity index (χ1v) is 5.57. The van der Waals surface area contributed by atoms with E-state index in [9.17, 15) is 4.79 Å². The Labute approximate surface area is 102 Å². The van der Waals surface area contributed by atoms with Crippen LogP contribution >= 0.6 is 15.9 Å². The van der Waals surface area contributed by atoms with E-state index in [1.165, 1.54) is 0 Å². The van der Waals surface area contributed by atoms with Gasteiger partial charge in [0.2, 0.25) is 0 Å². The van der Waals surface area contributed by atoms with Gasteiger partial charge in [-0.3, -0.25) is 4.79 Å². The van der Waals surface area contributed by atoms with Crippen LogP contribution in [0.4, 0.5) is 0 Å². The van der Waals surface area contributed by atoms with Crippen molar-refractivity contribution in [1.82, 2.24) is 5.43 Å². The number of benzene rings is 1. The summed E-state index contributed by atoms with van der Waals surface area (Å²) in [4.78, 5) is 11.5. The van der Waals surface area contributed by atoms with Crippen molar-refractivity contribution < 1.29 is 9.53 Å². The van der Waals surface area contributed by atoms with Gasteiger partial charge < -0.3 is 4.74 Å². The molecule has 0 radical (unpaired) electrons. The van der Waals surface area contributed by atoms with E-state index >= 15 is 0 Å². The molecule has 84 valence electrons. The topological polar surface area (TPSA) is 50.7 Å². The van der Waals surface area contributed by atoms with Gasteiger partial charge in [0.15, 0.2) is 0 Å². The lowest BCUT2D eigenvalue weighted by molar-refractivity contribution is -0.120. The molecule has 1 aromatic rings. The molecule has 1 amide bonds. The third kappa shape index (κ3) is 1.71. The van der Waals surface area contributed by atoms with E-state index in [1.807, 2.05) is 24.3 Å². The van der Waals surface area contributed by atoms with Crippen LogP contribution in [0.25, 0.3) is 0 Å². The largest absolute Gasteiger partial charge is 0.497 e. The highest BCUT2D eigenvalue weighted by Gasteiger charge is 2.41. The number of carbonyl (C=O) groups is 1. The zero-order valence-corrected chi connectivity index (χ0v) is 10.5. The lowest BCUT2D eigenvalue weighted by Crippen LogP contribution is -2.36. The summed E-state index contributed by atoms with van der Waals surface area (Å²) >= 11 is 3.37. The Morgan fingerprint density at radius 1 is 1.38 bits per heavy atom. The number of methoxy groups -OCH3 is 1. The summed E-state index contributed by atoms with van der Waals surface area (Å²) in [7, 11) is 1.61. The summed E-state index contributed by atoms with van der Waals surface area (Å²) in [6.45, 7) is 1.78. The molecule has 2 rings (SSSR count). The minimum atomic E-state index is -0.762. The van der Waals surface area contributed by atoms with E-state index in [1.54, 1.807) is 14.0 Å². The summed E-state index contributed by atoms with van der Waals surface area (Å²) in [6.07, 6.45) is 0. The second kappa shape index (κ2) is 3.90. The summed E-state index contributed by atoms with van der Waals surface area (Å²) in [5, 5.41) is 4.02. The van der Waals surface area contributed by atoms with Crippen LogP contribution in [-0.4, -0.2) is 23.1 Å². The third-order valence-electron chi connectivity index (χ3n) is 2.50. The zero-order chi connectivity index (χ0) is 11.8. The van der Waals surface area contributed by atoms with E-state index in [4.69, 9.17) is 4.74 Å². The van der Waals surface area contributed by atoms with Crippen LogP contribution in [0.3, 0.4) is 0 Å². The van der Waals surface area contributed by atoms with Crippen molar-refractivity contribution in [2.24, 2.45) is 5.10 Å². The van der Waals surface area contributed by atoms with Gasteiger partial charge in [0.05, 0.1) is 12.8 Å². The Balaban J connectivity index is 2.35. The average Bonchev–Trinajstić information content (AvgIpc) is 2.54. The van der Waals surface area contributed by atoms with Crippen molar-refractivity contribution >= 4 is 27.5 Å². The van der Waals surface area contributed by atoms with Gasteiger partial charge in [-0.25, -0.2) is 5.43 Å². The molecular weight excluding hydrogens is 272 g/mol. The predicted octanol–water partition coefficient (Wildman–Crippen LogP) is 1.68. The maximum absolute atomic E-state index is 11.5. The molecule has 0 spiro atoms. The number of ether oxygens (including phenoxy) is 1. The molecule has 0 aliphatic carbocycles. The number of hydrazone groups is 1. The quantitative estimate of drug-likeness (QED) is 0.840. The maximum Gasteiger partial charge on any atom is 0.262 e. The van der Waals surface area contributed by atoms with Crippen molar-refractivity contribution in [1.29, 1.82) is 0 Å². The van der Waals surface area contributed by atoms with Gasteiger partial charge in [-0.15, -0.1) is 0 Å². The maximum atomic E-state index is 11.5. The van der Waals surface area contributed by atoms with Gasteiger partial charge in [-0.2, -0.15) is 5.10 Å². The molecule has 4 nitrogen and oxygen atoms in total. The van der Waals surface area contributed by atoms with Gasteiger partial charge >= 0.3 is 0 Å². The fraction of sp³-hybridized carbons (Fsp3) is 0.273. The molecule has 1 N–H and O–H groups in total. The van der Waals surface area contributed by atoms with Gasteiger partial charge in [0.1, 0.15) is 10.1 Å². The molecule has 0 fully saturated rings. The molecule has 0 saturated carbocycles. The molecule has 0 saturated heterocycles. The molecule has 5 heteroatoms. The number of halogens is 1. The average molecular weight is 283 g/mol. The van der Waals surface area contributed by atoms with E-state index in [0.717, 1.165) is 11.3 Å². The molecule has 16 heavy (non-hydrogen) atoms. The fourth-order valence-electron chi connectivity index (χ4n) is 1.51. The Hall–Kier alpha value is -1.36. The Morgan fingerprint density at radius 2 is 2.00 bits per heavy atom. The highest BCUT2D eigenvalue weighted by molar-refractivity contribution is 9.10. The van der Waals surface area contributed by atoms with Crippen molar-refractivity contribution in [3.63, 3.8) is 0 Å². The fourth-order valence-corrected chi connectivity index (χ4v) is 1.91. The number of hydrogen-bond acceptors (Lipinski definition) is 3. The van der Waals surface area contributed by atoms with Crippen molar-refractivity contribution in [3.05, 3.63) is 29.8 Å². The number of nitrogens with one attached hydrogen (secondary N) is 1. The molecule has 1 atom stereocenters. The Kier molecular flexibility index (Phi) is 2.71. The lowest BCUT2D eigenvalue weighted by atomic mass is 9.98. The number of rotatable bonds is 2. The first kappa shape index (κ1) is 11.1. The molecular formula is C11H11BrN2O2. The van der Waals surface area contributed by atoms with Crippen LogP contribution in [-0.2, 0) is 4.79 Å². The third-order valence-corrected chi connectivity index (χ3v) is 3.24. The Bertz CT molecular complexity index is 452. The molecule has 1 aliphatic rings. The number of nitrogens with zero attached hydrogens (tertiary/aromatic N) is 1. The number of amides is 1. The van der Waals surface area contributed by atoms with Crippen LogP contribution in [0.2, 0.25) is 0 Å². The van der Waals surface area contributed by atoms with Gasteiger partial charge in [0, 0.05) is 0 Å². The van der Waals surface area contributed by atoms with Crippen LogP contribution in [0.5, 0.6) is 5.75 Å². The second-order valence-electron chi connectivity index (χ2n) is 3.63.